The fraction of sp³-hybridized carbons (Fsp3) is 0. The summed E-state index contributed by atoms with van der Waals surface area (Å²) in [5, 5.41) is 10.0. The maximum Gasteiger partial charge on any atom is 0.109 e. The van der Waals surface area contributed by atoms with Crippen molar-refractivity contribution in [2.45, 2.75) is 0 Å². The van der Waals surface area contributed by atoms with Crippen molar-refractivity contribution in [1.29, 1.82) is 5.26 Å². The van der Waals surface area contributed by atoms with Gasteiger partial charge in [0, 0.05) is 10.9 Å². The maximum atomic E-state index is 8.88. The number of fused-ring (bicyclic) bond motifs is 3. The molecule has 3 nitrogen and oxygen atoms in total. The summed E-state index contributed by atoms with van der Waals surface area (Å²) in [5.41, 5.74) is 8.57. The summed E-state index contributed by atoms with van der Waals surface area (Å²) in [7, 11) is 0. The van der Waals surface area contributed by atoms with Gasteiger partial charge in [-0.05, 0) is 24.3 Å². The third-order valence-corrected chi connectivity index (χ3v) is 2.73. The van der Waals surface area contributed by atoms with Crippen LogP contribution in [0.1, 0.15) is 5.56 Å². The fourth-order valence-electron chi connectivity index (χ4n) is 2.06. The minimum Gasteiger partial charge on any atom is -0.385 e. The first-order valence-corrected chi connectivity index (χ1v) is 4.99. The van der Waals surface area contributed by atoms with Crippen LogP contribution in [0, 0.1) is 11.3 Å². The largest absolute Gasteiger partial charge is 0.385 e. The van der Waals surface area contributed by atoms with Gasteiger partial charge in [0.25, 0.3) is 0 Å². The summed E-state index contributed by atoms with van der Waals surface area (Å²) < 4.78 is 1.95. The second-order valence-electron chi connectivity index (χ2n) is 3.74. The smallest absolute Gasteiger partial charge is 0.109 e. The maximum absolute atomic E-state index is 8.88. The molecule has 0 saturated heterocycles. The van der Waals surface area contributed by atoms with E-state index in [0.717, 1.165) is 16.4 Å². The highest BCUT2D eigenvalue weighted by atomic mass is 15.0. The quantitative estimate of drug-likeness (QED) is 0.615. The summed E-state index contributed by atoms with van der Waals surface area (Å²) >= 11 is 0. The van der Waals surface area contributed by atoms with E-state index in [2.05, 4.69) is 6.07 Å². The standard InChI is InChI=1S/C13H9N3/c14-8-9-5-11-7-10-3-1-2-4-12(10)16(11)13(15)6-9/h1-7H,15H2. The van der Waals surface area contributed by atoms with Crippen molar-refractivity contribution >= 4 is 22.2 Å². The average molecular weight is 207 g/mol. The van der Waals surface area contributed by atoms with Crippen molar-refractivity contribution in [3.05, 3.63) is 48.0 Å². The van der Waals surface area contributed by atoms with Crippen LogP contribution in [0.25, 0.3) is 16.4 Å². The molecule has 0 aliphatic carbocycles. The van der Waals surface area contributed by atoms with Gasteiger partial charge in [0.2, 0.25) is 0 Å². The SMILES string of the molecule is N#Cc1cc(N)n2c(c1)cc1ccccc12. The Morgan fingerprint density at radius 3 is 2.75 bits per heavy atom. The van der Waals surface area contributed by atoms with Crippen molar-refractivity contribution in [3.8, 4) is 6.07 Å². The zero-order chi connectivity index (χ0) is 11.1. The minimum absolute atomic E-state index is 0.591. The number of nitrogens with two attached hydrogens (primary N) is 1. The Hall–Kier alpha value is -2.47. The lowest BCUT2D eigenvalue weighted by Crippen LogP contribution is -1.96. The topological polar surface area (TPSA) is 54.2 Å². The van der Waals surface area contributed by atoms with Gasteiger partial charge in [0.05, 0.1) is 17.1 Å². The molecule has 0 radical (unpaired) electrons. The number of nitrogen functional groups attached to an aromatic ring is 1. The van der Waals surface area contributed by atoms with Gasteiger partial charge < -0.3 is 5.73 Å². The van der Waals surface area contributed by atoms with Crippen molar-refractivity contribution in [3.63, 3.8) is 0 Å². The van der Waals surface area contributed by atoms with Crippen LogP contribution in [0.15, 0.2) is 42.5 Å². The van der Waals surface area contributed by atoms with E-state index in [1.165, 1.54) is 0 Å². The van der Waals surface area contributed by atoms with Crippen molar-refractivity contribution in [2.24, 2.45) is 0 Å². The number of benzene rings is 1. The van der Waals surface area contributed by atoms with Gasteiger partial charge in [-0.15, -0.1) is 0 Å². The molecule has 0 unspecified atom stereocenters. The molecule has 0 saturated carbocycles. The van der Waals surface area contributed by atoms with Crippen LogP contribution in [-0.4, -0.2) is 4.40 Å². The van der Waals surface area contributed by atoms with Crippen LogP contribution in [-0.2, 0) is 0 Å². The highest BCUT2D eigenvalue weighted by molar-refractivity contribution is 5.89. The molecule has 2 N–H and O–H groups in total. The zero-order valence-corrected chi connectivity index (χ0v) is 8.51. The molecule has 0 amide bonds. The van der Waals surface area contributed by atoms with Crippen LogP contribution in [0.3, 0.4) is 0 Å². The number of nitrogens with zero attached hydrogens (tertiary/aromatic N) is 2. The number of hydrogen-bond donors (Lipinski definition) is 1. The monoisotopic (exact) mass is 207 g/mol. The van der Waals surface area contributed by atoms with Gasteiger partial charge in [0.15, 0.2) is 0 Å². The molecule has 3 aromatic rings. The number of aromatic nitrogens is 1. The first kappa shape index (κ1) is 8.81. The Morgan fingerprint density at radius 1 is 1.12 bits per heavy atom. The normalized spacial score (nSPS) is 10.7. The molecule has 0 fully saturated rings. The van der Waals surface area contributed by atoms with Gasteiger partial charge in [-0.25, -0.2) is 0 Å². The molecule has 1 aromatic carbocycles. The molecule has 16 heavy (non-hydrogen) atoms. The Morgan fingerprint density at radius 2 is 1.94 bits per heavy atom. The molecule has 0 bridgehead atoms. The van der Waals surface area contributed by atoms with E-state index in [4.69, 9.17) is 11.0 Å². The first-order chi connectivity index (χ1) is 7.79. The third-order valence-electron chi connectivity index (χ3n) is 2.73. The first-order valence-electron chi connectivity index (χ1n) is 4.99. The van der Waals surface area contributed by atoms with Crippen molar-refractivity contribution in [2.75, 3.05) is 5.73 Å². The number of anilines is 1. The molecule has 0 spiro atoms. The summed E-state index contributed by atoms with van der Waals surface area (Å²) in [6.45, 7) is 0. The lowest BCUT2D eigenvalue weighted by atomic mass is 10.2. The molecule has 2 aromatic heterocycles. The number of rotatable bonds is 0. The van der Waals surface area contributed by atoms with E-state index >= 15 is 0 Å². The summed E-state index contributed by atoms with van der Waals surface area (Å²) in [5.74, 6) is 0.593. The minimum atomic E-state index is 0.591. The van der Waals surface area contributed by atoms with Crippen LogP contribution < -0.4 is 5.73 Å². The molecule has 76 valence electrons. The Bertz CT molecular complexity index is 732. The van der Waals surface area contributed by atoms with E-state index < -0.39 is 0 Å². The lowest BCUT2D eigenvalue weighted by Gasteiger charge is -2.02. The molecule has 0 aliphatic heterocycles. The van der Waals surface area contributed by atoms with E-state index in [1.807, 2.05) is 40.8 Å². The summed E-state index contributed by atoms with van der Waals surface area (Å²) in [4.78, 5) is 0. The van der Waals surface area contributed by atoms with Crippen LogP contribution in [0.2, 0.25) is 0 Å². The van der Waals surface area contributed by atoms with Crippen LogP contribution >= 0.6 is 0 Å². The Balaban J connectivity index is 2.56. The molecule has 2 heterocycles. The number of para-hydroxylation sites is 1. The second kappa shape index (κ2) is 3.01. The third kappa shape index (κ3) is 1.07. The zero-order valence-electron chi connectivity index (χ0n) is 8.51. The highest BCUT2D eigenvalue weighted by Gasteiger charge is 2.05. The molecular formula is C13H9N3. The van der Waals surface area contributed by atoms with Gasteiger partial charge in [-0.2, -0.15) is 5.26 Å². The van der Waals surface area contributed by atoms with Crippen molar-refractivity contribution < 1.29 is 0 Å². The predicted molar refractivity (Wildman–Crippen MR) is 64.0 cm³/mol. The van der Waals surface area contributed by atoms with Gasteiger partial charge >= 0.3 is 0 Å². The fourth-order valence-corrected chi connectivity index (χ4v) is 2.06. The van der Waals surface area contributed by atoms with E-state index in [-0.39, 0.29) is 0 Å². The molecule has 3 rings (SSSR count). The van der Waals surface area contributed by atoms with Gasteiger partial charge in [-0.3, -0.25) is 4.40 Å². The highest BCUT2D eigenvalue weighted by Crippen LogP contribution is 2.24. The Kier molecular flexibility index (Phi) is 1.66. The van der Waals surface area contributed by atoms with Crippen molar-refractivity contribution in [1.82, 2.24) is 4.40 Å². The molecule has 3 heteroatoms. The van der Waals surface area contributed by atoms with E-state index in [0.29, 0.717) is 11.4 Å². The summed E-state index contributed by atoms with van der Waals surface area (Å²) in [6, 6.07) is 15.7. The predicted octanol–water partition coefficient (Wildman–Crippen LogP) is 2.55. The van der Waals surface area contributed by atoms with Gasteiger partial charge in [0.1, 0.15) is 5.82 Å². The molecule has 0 aliphatic rings. The number of nitriles is 1. The molecule has 0 atom stereocenters. The van der Waals surface area contributed by atoms with E-state index in [1.54, 1.807) is 6.07 Å². The number of pyridine rings is 1. The van der Waals surface area contributed by atoms with Gasteiger partial charge in [-0.1, -0.05) is 18.2 Å². The number of hydrogen-bond acceptors (Lipinski definition) is 2. The van der Waals surface area contributed by atoms with Crippen LogP contribution in [0.4, 0.5) is 5.82 Å². The van der Waals surface area contributed by atoms with Crippen LogP contribution in [0.5, 0.6) is 0 Å². The summed E-state index contributed by atoms with van der Waals surface area (Å²) in [6.07, 6.45) is 0. The molecular weight excluding hydrogens is 198 g/mol. The lowest BCUT2D eigenvalue weighted by molar-refractivity contribution is 1.26. The van der Waals surface area contributed by atoms with E-state index in [9.17, 15) is 0 Å². The average Bonchev–Trinajstić information content (AvgIpc) is 2.67. The Labute approximate surface area is 92.3 Å². The second-order valence-corrected chi connectivity index (χ2v) is 3.74.